The van der Waals surface area contributed by atoms with Crippen molar-refractivity contribution in [2.75, 3.05) is 5.32 Å². The molecule has 0 aliphatic rings. The van der Waals surface area contributed by atoms with Crippen molar-refractivity contribution in [3.8, 4) is 0 Å². The highest BCUT2D eigenvalue weighted by atomic mass is 79.9. The first-order valence-corrected chi connectivity index (χ1v) is 6.95. The Kier molecular flexibility index (Phi) is 4.07. The number of hydrogen-bond acceptors (Lipinski definition) is 1. The number of rotatable bonds is 3. The Hall–Kier alpha value is -1.28. The van der Waals surface area contributed by atoms with Gasteiger partial charge < -0.3 is 5.32 Å². The third kappa shape index (κ3) is 3.14. The molecule has 0 fully saturated rings. The minimum atomic E-state index is 0.306. The third-order valence-corrected chi connectivity index (χ3v) is 3.99. The summed E-state index contributed by atoms with van der Waals surface area (Å²) in [5.41, 5.74) is 4.99. The van der Waals surface area contributed by atoms with E-state index in [0.29, 0.717) is 6.04 Å². The topological polar surface area (TPSA) is 12.0 Å². The van der Waals surface area contributed by atoms with Crippen LogP contribution < -0.4 is 5.32 Å². The minimum absolute atomic E-state index is 0.306. The van der Waals surface area contributed by atoms with Crippen molar-refractivity contribution in [1.29, 1.82) is 0 Å². The van der Waals surface area contributed by atoms with Gasteiger partial charge >= 0.3 is 0 Å². The van der Waals surface area contributed by atoms with E-state index in [4.69, 9.17) is 0 Å². The third-order valence-electron chi connectivity index (χ3n) is 3.13. The molecule has 0 saturated heterocycles. The van der Waals surface area contributed by atoms with Gasteiger partial charge in [0.05, 0.1) is 0 Å². The maximum absolute atomic E-state index is 3.56. The lowest BCUT2D eigenvalue weighted by molar-refractivity contribution is 0.883. The minimum Gasteiger partial charge on any atom is -0.378 e. The lowest BCUT2D eigenvalue weighted by Crippen LogP contribution is -2.06. The molecule has 0 radical (unpaired) electrons. The Bertz CT molecular complexity index is 531. The van der Waals surface area contributed by atoms with Crippen molar-refractivity contribution in [2.24, 2.45) is 0 Å². The number of aryl methyl sites for hydroxylation is 2. The van der Waals surface area contributed by atoms with E-state index in [1.165, 1.54) is 16.7 Å². The first-order valence-electron chi connectivity index (χ1n) is 6.15. The number of halogens is 1. The van der Waals surface area contributed by atoms with Gasteiger partial charge in [-0.1, -0.05) is 51.8 Å². The summed E-state index contributed by atoms with van der Waals surface area (Å²) in [6, 6.07) is 15.3. The predicted molar refractivity (Wildman–Crippen MR) is 82.1 cm³/mol. The lowest BCUT2D eigenvalue weighted by atomic mass is 10.1. The Morgan fingerprint density at radius 2 is 1.67 bits per heavy atom. The number of nitrogens with one attached hydrogen (secondary N) is 1. The molecule has 94 valence electrons. The van der Waals surface area contributed by atoms with E-state index in [2.05, 4.69) is 84.5 Å². The van der Waals surface area contributed by atoms with Gasteiger partial charge in [0.25, 0.3) is 0 Å². The summed E-state index contributed by atoms with van der Waals surface area (Å²) in [5, 5.41) is 3.52. The van der Waals surface area contributed by atoms with Gasteiger partial charge in [-0.25, -0.2) is 0 Å². The van der Waals surface area contributed by atoms with Crippen molar-refractivity contribution < 1.29 is 0 Å². The summed E-state index contributed by atoms with van der Waals surface area (Å²) in [7, 11) is 0. The van der Waals surface area contributed by atoms with Gasteiger partial charge in [0.1, 0.15) is 0 Å². The van der Waals surface area contributed by atoms with E-state index < -0.39 is 0 Å². The van der Waals surface area contributed by atoms with Crippen LogP contribution in [0.2, 0.25) is 0 Å². The molecule has 2 rings (SSSR count). The molecule has 18 heavy (non-hydrogen) atoms. The van der Waals surface area contributed by atoms with Crippen LogP contribution in [0, 0.1) is 13.8 Å². The van der Waals surface area contributed by atoms with Crippen LogP contribution in [0.15, 0.2) is 46.9 Å². The van der Waals surface area contributed by atoms with Crippen molar-refractivity contribution in [3.63, 3.8) is 0 Å². The molecule has 0 aromatic heterocycles. The van der Waals surface area contributed by atoms with Crippen molar-refractivity contribution in [1.82, 2.24) is 0 Å². The Morgan fingerprint density at radius 3 is 2.28 bits per heavy atom. The van der Waals surface area contributed by atoms with Crippen LogP contribution in [0.25, 0.3) is 0 Å². The summed E-state index contributed by atoms with van der Waals surface area (Å²) in [6.45, 7) is 6.38. The van der Waals surface area contributed by atoms with E-state index >= 15 is 0 Å². The van der Waals surface area contributed by atoms with Gasteiger partial charge in [-0.15, -0.1) is 0 Å². The highest BCUT2D eigenvalue weighted by Crippen LogP contribution is 2.24. The molecule has 1 atom stereocenters. The van der Waals surface area contributed by atoms with Crippen LogP contribution in [-0.2, 0) is 0 Å². The van der Waals surface area contributed by atoms with Gasteiger partial charge in [0.2, 0.25) is 0 Å². The van der Waals surface area contributed by atoms with Crippen LogP contribution in [0.5, 0.6) is 0 Å². The summed E-state index contributed by atoms with van der Waals surface area (Å²) in [4.78, 5) is 0. The zero-order chi connectivity index (χ0) is 13.1. The zero-order valence-electron chi connectivity index (χ0n) is 11.0. The SMILES string of the molecule is Cc1ccc(C(C)Nc2ccc(C)c(Br)c2)cc1. The number of benzene rings is 2. The zero-order valence-corrected chi connectivity index (χ0v) is 12.6. The summed E-state index contributed by atoms with van der Waals surface area (Å²) >= 11 is 3.56. The van der Waals surface area contributed by atoms with Gasteiger partial charge in [-0.05, 0) is 44.0 Å². The number of hydrogen-bond donors (Lipinski definition) is 1. The summed E-state index contributed by atoms with van der Waals surface area (Å²) in [5.74, 6) is 0. The van der Waals surface area contributed by atoms with E-state index in [0.717, 1.165) is 10.2 Å². The van der Waals surface area contributed by atoms with Gasteiger partial charge in [-0.3, -0.25) is 0 Å². The van der Waals surface area contributed by atoms with Crippen molar-refractivity contribution in [3.05, 3.63) is 63.6 Å². The Labute approximate surface area is 117 Å². The molecule has 1 N–H and O–H groups in total. The fourth-order valence-corrected chi connectivity index (χ4v) is 2.25. The highest BCUT2D eigenvalue weighted by Gasteiger charge is 2.05. The van der Waals surface area contributed by atoms with E-state index in [9.17, 15) is 0 Å². The average Bonchev–Trinajstić information content (AvgIpc) is 2.34. The number of anilines is 1. The Morgan fingerprint density at radius 1 is 1.00 bits per heavy atom. The first kappa shape index (κ1) is 13.2. The second-order valence-electron chi connectivity index (χ2n) is 4.74. The van der Waals surface area contributed by atoms with Crippen molar-refractivity contribution >= 4 is 21.6 Å². The molecule has 2 aromatic rings. The average molecular weight is 304 g/mol. The van der Waals surface area contributed by atoms with Crippen molar-refractivity contribution in [2.45, 2.75) is 26.8 Å². The summed E-state index contributed by atoms with van der Waals surface area (Å²) < 4.78 is 1.14. The quantitative estimate of drug-likeness (QED) is 0.817. The maximum Gasteiger partial charge on any atom is 0.0485 e. The molecule has 1 unspecified atom stereocenters. The molecule has 2 aromatic carbocycles. The lowest BCUT2D eigenvalue weighted by Gasteiger charge is -2.16. The molecule has 0 bridgehead atoms. The molecule has 0 aliphatic carbocycles. The van der Waals surface area contributed by atoms with E-state index in [-0.39, 0.29) is 0 Å². The van der Waals surface area contributed by atoms with Crippen LogP contribution in [0.4, 0.5) is 5.69 Å². The van der Waals surface area contributed by atoms with Crippen LogP contribution >= 0.6 is 15.9 Å². The molecule has 0 spiro atoms. The van der Waals surface area contributed by atoms with E-state index in [1.54, 1.807) is 0 Å². The largest absolute Gasteiger partial charge is 0.378 e. The van der Waals surface area contributed by atoms with Gasteiger partial charge in [-0.2, -0.15) is 0 Å². The summed E-state index contributed by atoms with van der Waals surface area (Å²) in [6.07, 6.45) is 0. The standard InChI is InChI=1S/C16H18BrN/c1-11-4-7-14(8-5-11)13(3)18-15-9-6-12(2)16(17)10-15/h4-10,13,18H,1-3H3. The van der Waals surface area contributed by atoms with Crippen LogP contribution in [0.3, 0.4) is 0 Å². The molecule has 0 aliphatic heterocycles. The molecule has 1 nitrogen and oxygen atoms in total. The van der Waals surface area contributed by atoms with E-state index in [1.807, 2.05) is 0 Å². The molecular weight excluding hydrogens is 286 g/mol. The first-order chi connectivity index (χ1) is 8.56. The van der Waals surface area contributed by atoms with Crippen LogP contribution in [0.1, 0.15) is 29.7 Å². The maximum atomic E-state index is 3.56. The van der Waals surface area contributed by atoms with Gasteiger partial charge in [0, 0.05) is 16.2 Å². The predicted octanol–water partition coefficient (Wildman–Crippen LogP) is 5.24. The fraction of sp³-hybridized carbons (Fsp3) is 0.250. The van der Waals surface area contributed by atoms with Gasteiger partial charge in [0.15, 0.2) is 0 Å². The fourth-order valence-electron chi connectivity index (χ4n) is 1.87. The second-order valence-corrected chi connectivity index (χ2v) is 5.60. The second kappa shape index (κ2) is 5.57. The Balaban J connectivity index is 2.13. The molecular formula is C16H18BrN. The van der Waals surface area contributed by atoms with Crippen LogP contribution in [-0.4, -0.2) is 0 Å². The monoisotopic (exact) mass is 303 g/mol. The molecule has 0 saturated carbocycles. The highest BCUT2D eigenvalue weighted by molar-refractivity contribution is 9.10. The molecule has 2 heteroatoms. The molecule has 0 amide bonds. The smallest absolute Gasteiger partial charge is 0.0485 e. The molecule has 0 heterocycles. The normalized spacial score (nSPS) is 12.2.